The van der Waals surface area contributed by atoms with Crippen LogP contribution in [0.1, 0.15) is 38.2 Å². The van der Waals surface area contributed by atoms with E-state index in [1.807, 2.05) is 0 Å². The third-order valence-corrected chi connectivity index (χ3v) is 8.18. The summed E-state index contributed by atoms with van der Waals surface area (Å²) in [6, 6.07) is 5.09. The number of halogens is 1. The Morgan fingerprint density at radius 3 is 2.79 bits per heavy atom. The molecule has 0 bridgehead atoms. The second-order valence-electron chi connectivity index (χ2n) is 8.89. The average Bonchev–Trinajstić information content (AvgIpc) is 2.77. The number of piperidine rings is 1. The number of aliphatic hydroxyl groups excluding tert-OH is 1. The number of amides is 1. The Morgan fingerprint density at radius 1 is 1.35 bits per heavy atom. The number of carbonyl (C=O) groups is 2. The van der Waals surface area contributed by atoms with E-state index in [1.54, 1.807) is 19.1 Å². The molecule has 1 aromatic carbocycles. The second-order valence-corrected chi connectivity index (χ2v) is 11.2. The van der Waals surface area contributed by atoms with E-state index in [9.17, 15) is 23.1 Å². The third-order valence-electron chi connectivity index (χ3n) is 6.17. The molecule has 5 N–H and O–H groups in total. The van der Waals surface area contributed by atoms with Crippen molar-refractivity contribution in [3.05, 3.63) is 23.8 Å². The van der Waals surface area contributed by atoms with E-state index in [0.29, 0.717) is 23.8 Å². The van der Waals surface area contributed by atoms with Crippen LogP contribution in [-0.4, -0.2) is 74.0 Å². The largest absolute Gasteiger partial charge is 0.372 e. The van der Waals surface area contributed by atoms with Gasteiger partial charge in [0.05, 0.1) is 16.8 Å². The topological polar surface area (TPSA) is 140 Å². The minimum absolute atomic E-state index is 0.120. The second kappa shape index (κ2) is 11.8. The lowest BCUT2D eigenvalue weighted by Gasteiger charge is -2.35. The highest BCUT2D eigenvalue weighted by atomic mass is 35.5. The molecule has 2 heterocycles. The number of hydrogen-bond donors (Lipinski definition) is 5. The van der Waals surface area contributed by atoms with Crippen LogP contribution in [0.3, 0.4) is 0 Å². The van der Waals surface area contributed by atoms with E-state index in [0.717, 1.165) is 37.2 Å². The number of aliphatic hydroxyl groups is 1. The maximum Gasteiger partial charge on any atom is 0.248 e. The van der Waals surface area contributed by atoms with Gasteiger partial charge < -0.3 is 15.7 Å². The number of nitrogens with one attached hydrogen (secondary N) is 4. The molecule has 0 saturated carbocycles. The number of alkyl halides is 1. The van der Waals surface area contributed by atoms with Gasteiger partial charge >= 0.3 is 0 Å². The summed E-state index contributed by atoms with van der Waals surface area (Å²) in [6.07, 6.45) is 2.86. The molecule has 4 atom stereocenters. The van der Waals surface area contributed by atoms with Crippen LogP contribution >= 0.6 is 11.6 Å². The zero-order chi connectivity index (χ0) is 24.9. The van der Waals surface area contributed by atoms with Crippen LogP contribution in [0, 0.1) is 12.8 Å². The molecule has 190 valence electrons. The van der Waals surface area contributed by atoms with Gasteiger partial charge in [-0.25, -0.2) is 18.6 Å². The number of hydrogen-bond acceptors (Lipinski definition) is 8. The van der Waals surface area contributed by atoms with Crippen molar-refractivity contribution < 1.29 is 23.1 Å². The van der Waals surface area contributed by atoms with Gasteiger partial charge in [0.15, 0.2) is 0 Å². The van der Waals surface area contributed by atoms with Crippen LogP contribution < -0.4 is 20.8 Å². The fraction of sp³-hybridized carbons (Fsp3) is 0.636. The number of benzene rings is 1. The summed E-state index contributed by atoms with van der Waals surface area (Å²) in [5.74, 6) is -1.82. The summed E-state index contributed by atoms with van der Waals surface area (Å²) in [6.45, 7) is 4.37. The van der Waals surface area contributed by atoms with Crippen molar-refractivity contribution in [1.82, 2.24) is 20.5 Å². The van der Waals surface area contributed by atoms with Gasteiger partial charge in [0, 0.05) is 24.8 Å². The molecule has 0 spiro atoms. The highest BCUT2D eigenvalue weighted by Crippen LogP contribution is 2.22. The summed E-state index contributed by atoms with van der Waals surface area (Å²) in [5, 5.41) is 17.2. The molecule has 4 unspecified atom stereocenters. The maximum atomic E-state index is 12.9. The SMILES string of the molecule is CC(=O)C1C(=O)N(CC(O)Nc2ccc(C)c(S(=O)(=O)NCCC3CCCCN3)c2)NCC1Cl. The zero-order valence-corrected chi connectivity index (χ0v) is 21.1. The molecule has 10 nitrogen and oxygen atoms in total. The number of ketones is 1. The fourth-order valence-electron chi connectivity index (χ4n) is 4.30. The van der Waals surface area contributed by atoms with Gasteiger partial charge in [0.1, 0.15) is 17.9 Å². The zero-order valence-electron chi connectivity index (χ0n) is 19.5. The number of sulfonamides is 1. The van der Waals surface area contributed by atoms with Crippen LogP contribution in [0.4, 0.5) is 5.69 Å². The lowest BCUT2D eigenvalue weighted by molar-refractivity contribution is -0.147. The Balaban J connectivity index is 1.60. The molecule has 12 heteroatoms. The Bertz CT molecular complexity index is 986. The van der Waals surface area contributed by atoms with Gasteiger partial charge in [-0.05, 0) is 57.4 Å². The molecule has 0 aromatic heterocycles. The Hall–Kier alpha value is -1.76. The summed E-state index contributed by atoms with van der Waals surface area (Å²) in [7, 11) is -3.74. The smallest absolute Gasteiger partial charge is 0.248 e. The molecule has 2 aliphatic rings. The highest BCUT2D eigenvalue weighted by molar-refractivity contribution is 7.89. The summed E-state index contributed by atoms with van der Waals surface area (Å²) < 4.78 is 28.5. The first kappa shape index (κ1) is 26.8. The van der Waals surface area contributed by atoms with Crippen molar-refractivity contribution in [2.45, 2.75) is 62.1 Å². The van der Waals surface area contributed by atoms with Crippen LogP contribution in [-0.2, 0) is 19.6 Å². The van der Waals surface area contributed by atoms with E-state index in [4.69, 9.17) is 11.6 Å². The lowest BCUT2D eigenvalue weighted by Crippen LogP contribution is -2.60. The van der Waals surface area contributed by atoms with Gasteiger partial charge in [-0.2, -0.15) is 0 Å². The summed E-state index contributed by atoms with van der Waals surface area (Å²) in [5.41, 5.74) is 3.77. The van der Waals surface area contributed by atoms with Crippen LogP contribution in [0.15, 0.2) is 23.1 Å². The predicted octanol–water partition coefficient (Wildman–Crippen LogP) is 0.695. The molecule has 1 aromatic rings. The molecule has 0 aliphatic carbocycles. The average molecular weight is 516 g/mol. The number of hydrazine groups is 1. The van der Waals surface area contributed by atoms with Gasteiger partial charge in [-0.3, -0.25) is 14.6 Å². The first-order valence-corrected chi connectivity index (χ1v) is 13.5. The van der Waals surface area contributed by atoms with Crippen molar-refractivity contribution in [2.24, 2.45) is 5.92 Å². The standard InChI is InChI=1S/C22H34ClN5O5S/c1-14-6-7-17(11-19(14)34(32,33)26-10-8-16-5-3-4-9-24-16)27-20(30)13-28-22(31)21(15(2)29)18(23)12-25-28/h6-7,11,16,18,20-21,24-27,30H,3-5,8-10,12-13H2,1-2H3. The maximum absolute atomic E-state index is 12.9. The first-order chi connectivity index (χ1) is 16.1. The van der Waals surface area contributed by atoms with Crippen molar-refractivity contribution >= 4 is 39.0 Å². The Morgan fingerprint density at radius 2 is 2.12 bits per heavy atom. The molecule has 2 aliphatic heterocycles. The predicted molar refractivity (Wildman–Crippen MR) is 130 cm³/mol. The molecule has 1 amide bonds. The number of nitrogens with zero attached hydrogens (tertiary/aromatic N) is 1. The van der Waals surface area contributed by atoms with Crippen molar-refractivity contribution in [1.29, 1.82) is 0 Å². The third kappa shape index (κ3) is 6.89. The molecule has 2 saturated heterocycles. The van der Waals surface area contributed by atoms with E-state index in [2.05, 4.69) is 20.8 Å². The van der Waals surface area contributed by atoms with Gasteiger partial charge in [0.25, 0.3) is 0 Å². The van der Waals surface area contributed by atoms with Crippen LogP contribution in [0.2, 0.25) is 0 Å². The van der Waals surface area contributed by atoms with E-state index < -0.39 is 33.5 Å². The number of Topliss-reactive ketones (excluding diaryl/α,β-unsaturated/α-hetero) is 1. The Labute approximate surface area is 205 Å². The molecule has 3 rings (SSSR count). The monoisotopic (exact) mass is 515 g/mol. The molecular weight excluding hydrogens is 482 g/mol. The molecule has 0 radical (unpaired) electrons. The number of β-amino-alcohol motifs (C(OH)–C–C–N with tert-alkyl or cyclic N) is 1. The molecule has 34 heavy (non-hydrogen) atoms. The number of aryl methyl sites for hydroxylation is 1. The normalized spacial score (nSPS) is 24.6. The number of carbonyl (C=O) groups excluding carboxylic acids is 2. The number of rotatable bonds is 10. The minimum atomic E-state index is -3.74. The van der Waals surface area contributed by atoms with E-state index in [-0.39, 0.29) is 23.8 Å². The van der Waals surface area contributed by atoms with E-state index in [1.165, 1.54) is 13.0 Å². The van der Waals surface area contributed by atoms with E-state index >= 15 is 0 Å². The highest BCUT2D eigenvalue weighted by Gasteiger charge is 2.39. The van der Waals surface area contributed by atoms with Crippen molar-refractivity contribution in [3.63, 3.8) is 0 Å². The molecule has 2 fully saturated rings. The van der Waals surface area contributed by atoms with Crippen molar-refractivity contribution in [3.8, 4) is 0 Å². The Kier molecular flexibility index (Phi) is 9.30. The summed E-state index contributed by atoms with van der Waals surface area (Å²) >= 11 is 6.08. The fourth-order valence-corrected chi connectivity index (χ4v) is 5.98. The van der Waals surface area contributed by atoms with Gasteiger partial charge in [-0.1, -0.05) is 12.5 Å². The van der Waals surface area contributed by atoms with Gasteiger partial charge in [0.2, 0.25) is 15.9 Å². The number of anilines is 1. The quantitative estimate of drug-likeness (QED) is 0.174. The first-order valence-electron chi connectivity index (χ1n) is 11.6. The van der Waals surface area contributed by atoms with Crippen LogP contribution in [0.5, 0.6) is 0 Å². The van der Waals surface area contributed by atoms with Gasteiger partial charge in [-0.15, -0.1) is 11.6 Å². The lowest BCUT2D eigenvalue weighted by atomic mass is 9.97. The van der Waals surface area contributed by atoms with Crippen LogP contribution in [0.25, 0.3) is 0 Å². The summed E-state index contributed by atoms with van der Waals surface area (Å²) in [4.78, 5) is 24.4. The minimum Gasteiger partial charge on any atom is -0.372 e. The van der Waals surface area contributed by atoms with Crippen molar-refractivity contribution in [2.75, 3.05) is 31.5 Å². The molecular formula is C22H34ClN5O5S.